The molecule has 0 spiro atoms. The smallest absolute Gasteiger partial charge is 0.416 e. The number of carbonyl (C=O) groups excluding carboxylic acids is 3. The first-order valence-corrected chi connectivity index (χ1v) is 14.5. The Morgan fingerprint density at radius 1 is 0.841 bits per heavy atom. The van der Waals surface area contributed by atoms with Crippen molar-refractivity contribution in [3.8, 4) is 0 Å². The van der Waals surface area contributed by atoms with Gasteiger partial charge in [-0.05, 0) is 72.4 Å². The SMILES string of the molecule is COC(=O)[C@@H]1NC(c2cccc(C(F)(F)F)c2)(c2cccc(C(F)(F)F)c2)[C@H]2C(=O)N(C3CCC(C(C)(C)C)CC3)C(=O)[C@H]12. The van der Waals surface area contributed by atoms with Crippen LogP contribution in [0.25, 0.3) is 0 Å². The summed E-state index contributed by atoms with van der Waals surface area (Å²) in [5.74, 6) is -4.99. The monoisotopic (exact) mass is 624 g/mol. The number of esters is 1. The molecule has 2 amide bonds. The van der Waals surface area contributed by atoms with Crippen LogP contribution in [0.5, 0.6) is 0 Å². The molecule has 12 heteroatoms. The largest absolute Gasteiger partial charge is 0.468 e. The number of methoxy groups -OCH3 is 1. The second kappa shape index (κ2) is 10.9. The van der Waals surface area contributed by atoms with Crippen LogP contribution in [0.4, 0.5) is 26.3 Å². The zero-order valence-electron chi connectivity index (χ0n) is 24.7. The summed E-state index contributed by atoms with van der Waals surface area (Å²) >= 11 is 0. The summed E-state index contributed by atoms with van der Waals surface area (Å²) in [6.07, 6.45) is -7.20. The van der Waals surface area contributed by atoms with Crippen molar-refractivity contribution < 1.29 is 45.5 Å². The summed E-state index contributed by atoms with van der Waals surface area (Å²) in [5.41, 5.74) is -4.70. The predicted molar refractivity (Wildman–Crippen MR) is 147 cm³/mol. The number of hydrogen-bond donors (Lipinski definition) is 1. The molecule has 0 bridgehead atoms. The minimum atomic E-state index is -4.82. The predicted octanol–water partition coefficient (Wildman–Crippen LogP) is 6.32. The second-order valence-electron chi connectivity index (χ2n) is 13.0. The number of hydrogen-bond acceptors (Lipinski definition) is 5. The van der Waals surface area contributed by atoms with Crippen LogP contribution in [-0.4, -0.2) is 41.9 Å². The molecular formula is C32H34F6N2O4. The van der Waals surface area contributed by atoms with Gasteiger partial charge in [0.1, 0.15) is 6.04 Å². The zero-order valence-corrected chi connectivity index (χ0v) is 24.7. The fourth-order valence-corrected chi connectivity index (χ4v) is 7.40. The van der Waals surface area contributed by atoms with Crippen molar-refractivity contribution in [3.05, 3.63) is 70.8 Å². The molecule has 6 nitrogen and oxygen atoms in total. The van der Waals surface area contributed by atoms with Crippen molar-refractivity contribution in [1.82, 2.24) is 10.2 Å². The van der Waals surface area contributed by atoms with E-state index in [-0.39, 0.29) is 16.5 Å². The van der Waals surface area contributed by atoms with Gasteiger partial charge in [0.15, 0.2) is 0 Å². The number of benzene rings is 2. The third-order valence-corrected chi connectivity index (χ3v) is 9.63. The molecule has 3 aliphatic rings. The molecule has 2 aromatic carbocycles. The van der Waals surface area contributed by atoms with Crippen molar-refractivity contribution in [1.29, 1.82) is 0 Å². The van der Waals surface area contributed by atoms with E-state index in [1.165, 1.54) is 12.1 Å². The van der Waals surface area contributed by atoms with Crippen LogP contribution in [0.3, 0.4) is 0 Å². The maximum Gasteiger partial charge on any atom is 0.416 e. The average Bonchev–Trinajstić information content (AvgIpc) is 3.45. The molecule has 0 radical (unpaired) electrons. The molecule has 5 rings (SSSR count). The number of nitrogens with zero attached hydrogens (tertiary/aromatic N) is 1. The van der Waals surface area contributed by atoms with Crippen molar-refractivity contribution in [3.63, 3.8) is 0 Å². The fourth-order valence-electron chi connectivity index (χ4n) is 7.40. The first-order chi connectivity index (χ1) is 20.4. The molecule has 44 heavy (non-hydrogen) atoms. The molecule has 238 valence electrons. The lowest BCUT2D eigenvalue weighted by Crippen LogP contribution is -2.53. The molecule has 1 saturated carbocycles. The van der Waals surface area contributed by atoms with E-state index in [1.807, 2.05) is 0 Å². The maximum atomic E-state index is 14.4. The number of rotatable bonds is 4. The van der Waals surface area contributed by atoms with E-state index in [1.54, 1.807) is 0 Å². The Morgan fingerprint density at radius 2 is 1.34 bits per heavy atom. The Labute approximate surface area is 251 Å². The van der Waals surface area contributed by atoms with Crippen LogP contribution < -0.4 is 5.32 Å². The Morgan fingerprint density at radius 3 is 1.77 bits per heavy atom. The Kier molecular flexibility index (Phi) is 7.92. The van der Waals surface area contributed by atoms with Gasteiger partial charge in [0.2, 0.25) is 11.8 Å². The number of fused-ring (bicyclic) bond motifs is 1. The van der Waals surface area contributed by atoms with Crippen molar-refractivity contribution >= 4 is 17.8 Å². The number of alkyl halides is 6. The summed E-state index contributed by atoms with van der Waals surface area (Å²) in [4.78, 5) is 42.8. The van der Waals surface area contributed by atoms with Crippen LogP contribution in [-0.2, 0) is 37.0 Å². The molecule has 3 atom stereocenters. The summed E-state index contributed by atoms with van der Waals surface area (Å²) < 4.78 is 88.4. The van der Waals surface area contributed by atoms with Crippen LogP contribution >= 0.6 is 0 Å². The number of nitrogens with one attached hydrogen (secondary N) is 1. The molecular weight excluding hydrogens is 590 g/mol. The van der Waals surface area contributed by atoms with Crippen molar-refractivity contribution in [2.45, 2.75) is 76.4 Å². The quantitative estimate of drug-likeness (QED) is 0.245. The van der Waals surface area contributed by atoms with Crippen molar-refractivity contribution in [2.75, 3.05) is 7.11 Å². The van der Waals surface area contributed by atoms with E-state index in [9.17, 15) is 40.7 Å². The van der Waals surface area contributed by atoms with E-state index in [2.05, 4.69) is 26.1 Å². The van der Waals surface area contributed by atoms with E-state index in [0.717, 1.165) is 61.2 Å². The van der Waals surface area contributed by atoms with E-state index in [0.29, 0.717) is 18.8 Å². The molecule has 0 aromatic heterocycles. The zero-order chi connectivity index (χ0) is 32.4. The molecule has 2 aromatic rings. The van der Waals surface area contributed by atoms with Gasteiger partial charge in [0.05, 0.1) is 35.6 Å². The number of carbonyl (C=O) groups is 3. The fraction of sp³-hybridized carbons (Fsp3) is 0.531. The Bertz CT molecular complexity index is 1400. The number of imide groups is 1. The maximum absolute atomic E-state index is 14.4. The molecule has 2 saturated heterocycles. The highest BCUT2D eigenvalue weighted by molar-refractivity contribution is 6.09. The topological polar surface area (TPSA) is 75.7 Å². The standard InChI is InChI=1S/C32H34F6N2O4/c1-29(2,3)17-11-13-22(14-12-17)40-26(41)23-24(27(40)42)30(39-25(23)28(43)44-4,18-7-5-9-20(15-18)31(33,34)35)19-8-6-10-21(16-19)32(36,37)38/h5-10,15-17,22-25,39H,11-14H2,1-4H3/t17?,22?,23-,24+,25+/m0/s1. The van der Waals surface area contributed by atoms with Gasteiger partial charge in [-0.15, -0.1) is 0 Å². The van der Waals surface area contributed by atoms with E-state index >= 15 is 0 Å². The molecule has 2 heterocycles. The summed E-state index contributed by atoms with van der Waals surface area (Å²) in [6, 6.07) is 5.76. The van der Waals surface area contributed by atoms with Crippen molar-refractivity contribution in [2.24, 2.45) is 23.2 Å². The van der Waals surface area contributed by atoms with Gasteiger partial charge in [-0.25, -0.2) is 0 Å². The van der Waals surface area contributed by atoms with Gasteiger partial charge in [-0.2, -0.15) is 26.3 Å². The number of likely N-dealkylation sites (tertiary alicyclic amines) is 1. The number of amides is 2. The Balaban J connectivity index is 1.70. The highest BCUT2D eigenvalue weighted by Crippen LogP contribution is 2.54. The summed E-state index contributed by atoms with van der Waals surface area (Å²) in [5, 5.41) is 2.88. The first-order valence-electron chi connectivity index (χ1n) is 14.5. The highest BCUT2D eigenvalue weighted by atomic mass is 19.4. The molecule has 1 aliphatic carbocycles. The van der Waals surface area contributed by atoms with Gasteiger partial charge in [-0.3, -0.25) is 24.6 Å². The van der Waals surface area contributed by atoms with Crippen LogP contribution in [0.1, 0.15) is 68.7 Å². The highest BCUT2D eigenvalue weighted by Gasteiger charge is 2.69. The van der Waals surface area contributed by atoms with E-state index in [4.69, 9.17) is 4.74 Å². The summed E-state index contributed by atoms with van der Waals surface area (Å²) in [6.45, 7) is 6.33. The van der Waals surface area contributed by atoms with Crippen LogP contribution in [0.2, 0.25) is 0 Å². The van der Waals surface area contributed by atoms with Gasteiger partial charge in [-0.1, -0.05) is 45.0 Å². The third kappa shape index (κ3) is 5.28. The normalized spacial score (nSPS) is 27.4. The lowest BCUT2D eigenvalue weighted by molar-refractivity contribution is -0.150. The molecule has 2 aliphatic heterocycles. The average molecular weight is 625 g/mol. The van der Waals surface area contributed by atoms with Crippen LogP contribution in [0.15, 0.2) is 48.5 Å². The van der Waals surface area contributed by atoms with Gasteiger partial charge in [0.25, 0.3) is 0 Å². The second-order valence-corrected chi connectivity index (χ2v) is 13.0. The van der Waals surface area contributed by atoms with Crippen LogP contribution in [0, 0.1) is 23.2 Å². The Hall–Kier alpha value is -3.41. The molecule has 0 unspecified atom stereocenters. The number of ether oxygens (including phenoxy) is 1. The minimum absolute atomic E-state index is 0.00254. The first kappa shape index (κ1) is 32.0. The van der Waals surface area contributed by atoms with Gasteiger partial charge < -0.3 is 4.74 Å². The van der Waals surface area contributed by atoms with E-state index < -0.39 is 70.7 Å². The lowest BCUT2D eigenvalue weighted by Gasteiger charge is -2.41. The molecule has 1 N–H and O–H groups in total. The van der Waals surface area contributed by atoms with Gasteiger partial charge in [0, 0.05) is 6.04 Å². The van der Waals surface area contributed by atoms with Gasteiger partial charge >= 0.3 is 18.3 Å². The third-order valence-electron chi connectivity index (χ3n) is 9.63. The minimum Gasteiger partial charge on any atom is -0.468 e. The number of halogens is 6. The molecule has 3 fully saturated rings. The summed E-state index contributed by atoms with van der Waals surface area (Å²) in [7, 11) is 1.06. The lowest BCUT2D eigenvalue weighted by atomic mass is 9.70.